The van der Waals surface area contributed by atoms with Crippen LogP contribution in [0.1, 0.15) is 34.5 Å². The zero-order valence-electron chi connectivity index (χ0n) is 17.2. The summed E-state index contributed by atoms with van der Waals surface area (Å²) in [5, 5.41) is 5.22. The highest BCUT2D eigenvalue weighted by molar-refractivity contribution is 6.44. The summed E-state index contributed by atoms with van der Waals surface area (Å²) < 4.78 is 0. The second-order valence-corrected chi connectivity index (χ2v) is 7.50. The van der Waals surface area contributed by atoms with Gasteiger partial charge in [0.2, 0.25) is 0 Å². The zero-order valence-corrected chi connectivity index (χ0v) is 17.2. The molecule has 5 amide bonds. The minimum absolute atomic E-state index is 0.0257. The van der Waals surface area contributed by atoms with Gasteiger partial charge >= 0.3 is 17.8 Å². The number of hydrogen-bond acceptors (Lipinski definition) is 4. The number of amides is 5. The van der Waals surface area contributed by atoms with Crippen LogP contribution in [0, 0.1) is 0 Å². The first-order valence-electron chi connectivity index (χ1n) is 9.88. The molecule has 0 saturated carbocycles. The quantitative estimate of drug-likeness (QED) is 0.512. The van der Waals surface area contributed by atoms with Gasteiger partial charge in [-0.3, -0.25) is 24.2 Å². The molecule has 0 aliphatic carbocycles. The van der Waals surface area contributed by atoms with E-state index in [0.29, 0.717) is 11.1 Å². The fourth-order valence-corrected chi connectivity index (χ4v) is 3.68. The number of rotatable bonds is 5. The fourth-order valence-electron chi connectivity index (χ4n) is 3.68. The van der Waals surface area contributed by atoms with Gasteiger partial charge in [0.05, 0.1) is 12.6 Å². The second-order valence-electron chi connectivity index (χ2n) is 7.50. The van der Waals surface area contributed by atoms with E-state index in [2.05, 4.69) is 5.32 Å². The highest BCUT2D eigenvalue weighted by atomic mass is 16.2. The van der Waals surface area contributed by atoms with Crippen LogP contribution in [-0.2, 0) is 16.1 Å². The van der Waals surface area contributed by atoms with Gasteiger partial charge in [0.15, 0.2) is 0 Å². The summed E-state index contributed by atoms with van der Waals surface area (Å²) in [4.78, 5) is 49.9. The second kappa shape index (κ2) is 8.02. The summed E-state index contributed by atoms with van der Waals surface area (Å²) >= 11 is 0. The van der Waals surface area contributed by atoms with E-state index in [4.69, 9.17) is 0 Å². The molecule has 0 bridgehead atoms. The third kappa shape index (κ3) is 3.77. The molecule has 0 aromatic heterocycles. The number of nitrogens with one attached hydrogen (secondary N) is 1. The molecule has 1 saturated heterocycles. The molecule has 3 aromatic rings. The van der Waals surface area contributed by atoms with Crippen LogP contribution in [0.25, 0.3) is 10.8 Å². The maximum absolute atomic E-state index is 12.7. The van der Waals surface area contributed by atoms with Gasteiger partial charge in [-0.15, -0.1) is 0 Å². The first-order chi connectivity index (χ1) is 14.9. The standard InChI is InChI=1S/C24H21N3O4/c1-15(19-9-5-7-17-6-3-4-8-20(17)19)25-21(28)18-12-10-16(11-13-18)14-27-23(30)22(29)26(2)24(27)31/h3-13,15H,14H2,1-2H3,(H,25,28)/t15-/m0/s1. The fraction of sp³-hybridized carbons (Fsp3) is 0.167. The van der Waals surface area contributed by atoms with Crippen molar-refractivity contribution in [3.63, 3.8) is 0 Å². The first kappa shape index (κ1) is 20.3. The van der Waals surface area contributed by atoms with E-state index in [1.165, 1.54) is 7.05 Å². The van der Waals surface area contributed by atoms with Crippen molar-refractivity contribution in [2.45, 2.75) is 19.5 Å². The van der Waals surface area contributed by atoms with Crippen molar-refractivity contribution >= 4 is 34.5 Å². The number of fused-ring (bicyclic) bond motifs is 1. The summed E-state index contributed by atoms with van der Waals surface area (Å²) in [7, 11) is 1.27. The van der Waals surface area contributed by atoms with E-state index in [0.717, 1.165) is 26.1 Å². The molecule has 1 heterocycles. The summed E-state index contributed by atoms with van der Waals surface area (Å²) in [6, 6.07) is 19.8. The Bertz CT molecular complexity index is 1200. The van der Waals surface area contributed by atoms with Crippen LogP contribution < -0.4 is 5.32 Å². The normalized spacial score (nSPS) is 15.0. The van der Waals surface area contributed by atoms with Crippen LogP contribution in [0.3, 0.4) is 0 Å². The van der Waals surface area contributed by atoms with Crippen LogP contribution in [0.15, 0.2) is 66.7 Å². The number of hydrogen-bond donors (Lipinski definition) is 1. The highest BCUT2D eigenvalue weighted by Gasteiger charge is 2.41. The maximum atomic E-state index is 12.7. The molecule has 1 aliphatic rings. The van der Waals surface area contributed by atoms with E-state index in [-0.39, 0.29) is 18.5 Å². The molecule has 156 valence electrons. The van der Waals surface area contributed by atoms with Crippen LogP contribution in [0.4, 0.5) is 4.79 Å². The van der Waals surface area contributed by atoms with E-state index < -0.39 is 17.8 Å². The third-order valence-corrected chi connectivity index (χ3v) is 5.44. The monoisotopic (exact) mass is 415 g/mol. The lowest BCUT2D eigenvalue weighted by molar-refractivity contribution is -0.143. The molecule has 0 unspecified atom stereocenters. The van der Waals surface area contributed by atoms with Gasteiger partial charge in [-0.25, -0.2) is 4.79 Å². The largest absolute Gasteiger partial charge is 0.345 e. The van der Waals surface area contributed by atoms with E-state index in [9.17, 15) is 19.2 Å². The SMILES string of the molecule is C[C@H](NC(=O)c1ccc(CN2C(=O)C(=O)N(C)C2=O)cc1)c1cccc2ccccc12. The van der Waals surface area contributed by atoms with Crippen LogP contribution in [0.2, 0.25) is 0 Å². The van der Waals surface area contributed by atoms with Crippen molar-refractivity contribution in [2.75, 3.05) is 7.05 Å². The number of carbonyl (C=O) groups is 4. The predicted molar refractivity (Wildman–Crippen MR) is 115 cm³/mol. The molecule has 7 nitrogen and oxygen atoms in total. The summed E-state index contributed by atoms with van der Waals surface area (Å²) in [5.41, 5.74) is 2.13. The Kier molecular flexibility index (Phi) is 5.25. The summed E-state index contributed by atoms with van der Waals surface area (Å²) in [6.07, 6.45) is 0. The van der Waals surface area contributed by atoms with Crippen molar-refractivity contribution in [2.24, 2.45) is 0 Å². The molecule has 0 radical (unpaired) electrons. The molecule has 3 aromatic carbocycles. The Morgan fingerprint density at radius 3 is 2.26 bits per heavy atom. The van der Waals surface area contributed by atoms with Crippen molar-refractivity contribution < 1.29 is 19.2 Å². The lowest BCUT2D eigenvalue weighted by Gasteiger charge is -2.17. The van der Waals surface area contributed by atoms with Gasteiger partial charge in [-0.05, 0) is 41.0 Å². The topological polar surface area (TPSA) is 86.8 Å². The lowest BCUT2D eigenvalue weighted by atomic mass is 9.99. The van der Waals surface area contributed by atoms with Crippen molar-refractivity contribution in [3.05, 3.63) is 83.4 Å². The molecule has 4 rings (SSSR count). The van der Waals surface area contributed by atoms with E-state index in [1.807, 2.05) is 49.4 Å². The molecule has 1 aliphatic heterocycles. The van der Waals surface area contributed by atoms with Gasteiger partial charge in [0, 0.05) is 12.6 Å². The molecule has 1 atom stereocenters. The number of carbonyl (C=O) groups excluding carboxylic acids is 4. The molecule has 7 heteroatoms. The van der Waals surface area contributed by atoms with Gasteiger partial charge in [0.1, 0.15) is 0 Å². The number of nitrogens with zero attached hydrogens (tertiary/aromatic N) is 2. The van der Waals surface area contributed by atoms with Crippen molar-refractivity contribution in [1.82, 2.24) is 15.1 Å². The van der Waals surface area contributed by atoms with E-state index >= 15 is 0 Å². The Labute approximate surface area is 179 Å². The Hall–Kier alpha value is -4.00. The van der Waals surface area contributed by atoms with Gasteiger partial charge in [-0.2, -0.15) is 0 Å². The van der Waals surface area contributed by atoms with E-state index in [1.54, 1.807) is 24.3 Å². The highest BCUT2D eigenvalue weighted by Crippen LogP contribution is 2.24. The van der Waals surface area contributed by atoms with Crippen LogP contribution in [-0.4, -0.2) is 40.6 Å². The Morgan fingerprint density at radius 2 is 1.58 bits per heavy atom. The Balaban J connectivity index is 1.45. The molecule has 1 fully saturated rings. The molecular weight excluding hydrogens is 394 g/mol. The summed E-state index contributed by atoms with van der Waals surface area (Å²) in [6.45, 7) is 1.91. The Morgan fingerprint density at radius 1 is 0.903 bits per heavy atom. The van der Waals surface area contributed by atoms with Crippen molar-refractivity contribution in [1.29, 1.82) is 0 Å². The van der Waals surface area contributed by atoms with Gasteiger partial charge in [-0.1, -0.05) is 54.6 Å². The lowest BCUT2D eigenvalue weighted by Crippen LogP contribution is -2.31. The third-order valence-electron chi connectivity index (χ3n) is 5.44. The minimum atomic E-state index is -0.849. The van der Waals surface area contributed by atoms with Gasteiger partial charge < -0.3 is 5.32 Å². The molecule has 0 spiro atoms. The average molecular weight is 415 g/mol. The van der Waals surface area contributed by atoms with Gasteiger partial charge in [0.25, 0.3) is 5.91 Å². The molecule has 1 N–H and O–H groups in total. The van der Waals surface area contributed by atoms with Crippen LogP contribution >= 0.6 is 0 Å². The smallest absolute Gasteiger partial charge is 0.334 e. The number of urea groups is 1. The predicted octanol–water partition coefficient (Wildman–Crippen LogP) is 3.25. The first-order valence-corrected chi connectivity index (χ1v) is 9.88. The zero-order chi connectivity index (χ0) is 22.1. The maximum Gasteiger partial charge on any atom is 0.334 e. The average Bonchev–Trinajstić information content (AvgIpc) is 2.97. The van der Waals surface area contributed by atoms with Crippen LogP contribution in [0.5, 0.6) is 0 Å². The number of benzene rings is 3. The molecular formula is C24H21N3O4. The molecule has 31 heavy (non-hydrogen) atoms. The summed E-state index contributed by atoms with van der Waals surface area (Å²) in [5.74, 6) is -1.92. The van der Waals surface area contributed by atoms with Crippen molar-refractivity contribution in [3.8, 4) is 0 Å². The minimum Gasteiger partial charge on any atom is -0.345 e. The number of imide groups is 2. The number of likely N-dealkylation sites (N-methyl/N-ethyl adjacent to an activating group) is 1.